The van der Waals surface area contributed by atoms with Crippen LogP contribution in [-0.4, -0.2) is 96.7 Å². The van der Waals surface area contributed by atoms with Gasteiger partial charge in [0.1, 0.15) is 19.3 Å². The second kappa shape index (κ2) is 75.5. The van der Waals surface area contributed by atoms with Gasteiger partial charge in [-0.15, -0.1) is 0 Å². The number of ether oxygens (including phenoxy) is 4. The summed E-state index contributed by atoms with van der Waals surface area (Å²) in [6, 6.07) is 0. The van der Waals surface area contributed by atoms with E-state index >= 15 is 0 Å². The third kappa shape index (κ3) is 78.0. The van der Waals surface area contributed by atoms with Crippen LogP contribution in [0.5, 0.6) is 0 Å². The molecule has 0 amide bonds. The fraction of sp³-hybridized carbons (Fsp3) is 0.952. The lowest BCUT2D eigenvalue weighted by molar-refractivity contribution is -0.161. The third-order valence-electron chi connectivity index (χ3n) is 19.7. The number of unbranched alkanes of at least 4 members (excludes halogenated alkanes) is 53. The van der Waals surface area contributed by atoms with E-state index in [-0.39, 0.29) is 25.7 Å². The Morgan fingerprint density at radius 2 is 0.447 bits per heavy atom. The highest BCUT2D eigenvalue weighted by Crippen LogP contribution is 2.45. The van der Waals surface area contributed by atoms with Crippen LogP contribution in [0.1, 0.15) is 446 Å². The topological polar surface area (TPSA) is 237 Å². The van der Waals surface area contributed by atoms with Gasteiger partial charge in [0.25, 0.3) is 0 Å². The number of hydrogen-bond acceptors (Lipinski definition) is 15. The number of aliphatic hydroxyl groups excluding tert-OH is 1. The van der Waals surface area contributed by atoms with E-state index in [1.165, 1.54) is 257 Å². The molecule has 2 unspecified atom stereocenters. The van der Waals surface area contributed by atoms with Crippen molar-refractivity contribution in [3.8, 4) is 0 Å². The molecule has 0 aromatic carbocycles. The predicted octanol–water partition coefficient (Wildman–Crippen LogP) is 25.5. The first-order chi connectivity index (χ1) is 49.9. The van der Waals surface area contributed by atoms with Crippen LogP contribution in [0.25, 0.3) is 0 Å². The summed E-state index contributed by atoms with van der Waals surface area (Å²) in [5.41, 5.74) is 0. The molecular formula is C84H164O17P2. The van der Waals surface area contributed by atoms with E-state index in [1.807, 2.05) is 0 Å². The summed E-state index contributed by atoms with van der Waals surface area (Å²) < 4.78 is 68.7. The fourth-order valence-electron chi connectivity index (χ4n) is 13.1. The van der Waals surface area contributed by atoms with E-state index < -0.39 is 97.5 Å². The molecule has 0 aromatic rings. The maximum Gasteiger partial charge on any atom is 0.472 e. The van der Waals surface area contributed by atoms with E-state index in [1.54, 1.807) is 0 Å². The number of carbonyl (C=O) groups is 4. The Labute approximate surface area is 632 Å². The summed E-state index contributed by atoms with van der Waals surface area (Å²) >= 11 is 0. The zero-order chi connectivity index (χ0) is 75.6. The van der Waals surface area contributed by atoms with E-state index in [0.717, 1.165) is 102 Å². The summed E-state index contributed by atoms with van der Waals surface area (Å²) in [5.74, 6) is -0.695. The quantitative estimate of drug-likeness (QED) is 0.0222. The van der Waals surface area contributed by atoms with Crippen molar-refractivity contribution in [3.63, 3.8) is 0 Å². The Morgan fingerprint density at radius 3 is 0.660 bits per heavy atom. The van der Waals surface area contributed by atoms with Crippen LogP contribution in [0.2, 0.25) is 0 Å². The van der Waals surface area contributed by atoms with Crippen molar-refractivity contribution >= 4 is 39.5 Å². The smallest absolute Gasteiger partial charge is 0.462 e. The zero-order valence-corrected chi connectivity index (χ0v) is 69.4. The summed E-state index contributed by atoms with van der Waals surface area (Å²) in [5, 5.41) is 10.6. The Kier molecular flexibility index (Phi) is 74.1. The summed E-state index contributed by atoms with van der Waals surface area (Å²) in [6.07, 6.45) is 67.1. The second-order valence-electron chi connectivity index (χ2n) is 31.2. The van der Waals surface area contributed by atoms with Crippen molar-refractivity contribution in [2.24, 2.45) is 11.8 Å². The second-order valence-corrected chi connectivity index (χ2v) is 34.1. The van der Waals surface area contributed by atoms with Crippen LogP contribution < -0.4 is 0 Å². The average molecular weight is 1510 g/mol. The van der Waals surface area contributed by atoms with Crippen molar-refractivity contribution < 1.29 is 80.2 Å². The van der Waals surface area contributed by atoms with Gasteiger partial charge in [0, 0.05) is 25.7 Å². The van der Waals surface area contributed by atoms with Crippen molar-refractivity contribution in [1.82, 2.24) is 0 Å². The maximum atomic E-state index is 13.1. The molecule has 0 heterocycles. The molecule has 17 nitrogen and oxygen atoms in total. The molecule has 103 heavy (non-hydrogen) atoms. The molecule has 0 rings (SSSR count). The average Bonchev–Trinajstić information content (AvgIpc) is 0.974. The van der Waals surface area contributed by atoms with E-state index in [4.69, 9.17) is 37.0 Å². The zero-order valence-electron chi connectivity index (χ0n) is 67.6. The van der Waals surface area contributed by atoms with Crippen LogP contribution in [0.15, 0.2) is 0 Å². The fourth-order valence-corrected chi connectivity index (χ4v) is 14.6. The van der Waals surface area contributed by atoms with Crippen LogP contribution in [-0.2, 0) is 65.4 Å². The van der Waals surface area contributed by atoms with E-state index in [2.05, 4.69) is 41.5 Å². The molecule has 0 saturated carbocycles. The van der Waals surface area contributed by atoms with Gasteiger partial charge in [-0.25, -0.2) is 9.13 Å². The molecule has 0 aliphatic carbocycles. The standard InChI is InChI=1S/C84H164O17P2/c1-7-9-11-13-15-17-19-21-23-25-27-29-31-33-35-37-39-43-47-54-60-66-81(86)94-72-79(100-83(88)68-62-56-48-44-40-38-36-34-32-30-28-26-24-22-20-18-16-14-12-10-8-2)74-98-102(90,91)96-70-78(85)71-97-103(92,93)99-75-80(73-95-82(87)67-61-55-51-50-53-59-65-77(5)6)101-84(89)69-63-57-49-45-41-42-46-52-58-64-76(3)4/h76-80,85H,7-75H2,1-6H3,(H,90,91)(H,92,93)/t78-,79-,80-/m1/s1. The molecule has 612 valence electrons. The minimum Gasteiger partial charge on any atom is -0.462 e. The van der Waals surface area contributed by atoms with E-state index in [0.29, 0.717) is 31.6 Å². The molecule has 19 heteroatoms. The van der Waals surface area contributed by atoms with Crippen LogP contribution in [0, 0.1) is 11.8 Å². The molecular weight excluding hydrogens is 1340 g/mol. The van der Waals surface area contributed by atoms with Crippen LogP contribution >= 0.6 is 15.6 Å². The van der Waals surface area contributed by atoms with Gasteiger partial charge in [-0.1, -0.05) is 395 Å². The van der Waals surface area contributed by atoms with Gasteiger partial charge in [0.15, 0.2) is 12.2 Å². The molecule has 0 bridgehead atoms. The van der Waals surface area contributed by atoms with Gasteiger partial charge in [-0.2, -0.15) is 0 Å². The maximum absolute atomic E-state index is 13.1. The summed E-state index contributed by atoms with van der Waals surface area (Å²) in [4.78, 5) is 73.0. The molecule has 0 spiro atoms. The molecule has 0 aromatic heterocycles. The third-order valence-corrected chi connectivity index (χ3v) is 21.6. The van der Waals surface area contributed by atoms with Gasteiger partial charge in [-0.3, -0.25) is 37.3 Å². The minimum absolute atomic E-state index is 0.105. The Bertz CT molecular complexity index is 1980. The number of phosphoric ester groups is 2. The first-order valence-electron chi connectivity index (χ1n) is 43.5. The molecule has 0 fully saturated rings. The summed E-state index contributed by atoms with van der Waals surface area (Å²) in [6.45, 7) is 9.53. The number of phosphoric acid groups is 2. The first-order valence-corrected chi connectivity index (χ1v) is 46.5. The van der Waals surface area contributed by atoms with Gasteiger partial charge in [0.05, 0.1) is 26.4 Å². The number of aliphatic hydroxyl groups is 1. The molecule has 0 saturated heterocycles. The highest BCUT2D eigenvalue weighted by Gasteiger charge is 2.30. The lowest BCUT2D eigenvalue weighted by Crippen LogP contribution is -2.30. The van der Waals surface area contributed by atoms with Crippen molar-refractivity contribution in [2.75, 3.05) is 39.6 Å². The Morgan fingerprint density at radius 1 is 0.262 bits per heavy atom. The van der Waals surface area contributed by atoms with Crippen molar-refractivity contribution in [2.45, 2.75) is 464 Å². The lowest BCUT2D eigenvalue weighted by atomic mass is 10.0. The largest absolute Gasteiger partial charge is 0.472 e. The molecule has 0 aliphatic rings. The van der Waals surface area contributed by atoms with Crippen LogP contribution in [0.4, 0.5) is 0 Å². The predicted molar refractivity (Wildman–Crippen MR) is 423 cm³/mol. The van der Waals surface area contributed by atoms with Crippen molar-refractivity contribution in [3.05, 3.63) is 0 Å². The minimum atomic E-state index is -4.96. The number of hydrogen-bond donors (Lipinski definition) is 3. The number of rotatable bonds is 83. The molecule has 0 radical (unpaired) electrons. The number of carbonyl (C=O) groups excluding carboxylic acids is 4. The van der Waals surface area contributed by atoms with Gasteiger partial charge in [-0.05, 0) is 37.5 Å². The summed E-state index contributed by atoms with van der Waals surface area (Å²) in [7, 11) is -9.92. The van der Waals surface area contributed by atoms with Gasteiger partial charge >= 0.3 is 39.5 Å². The molecule has 5 atom stereocenters. The normalized spacial score (nSPS) is 13.9. The van der Waals surface area contributed by atoms with E-state index in [9.17, 15) is 43.2 Å². The first kappa shape index (κ1) is 101. The Balaban J connectivity index is 5.18. The number of esters is 4. The molecule has 3 N–H and O–H groups in total. The Hall–Kier alpha value is -1.94. The van der Waals surface area contributed by atoms with Gasteiger partial charge in [0.2, 0.25) is 0 Å². The van der Waals surface area contributed by atoms with Gasteiger partial charge < -0.3 is 33.8 Å². The van der Waals surface area contributed by atoms with Crippen LogP contribution in [0.3, 0.4) is 0 Å². The SMILES string of the molecule is CCCCCCCCCCCCCCCCCCCCCCCC(=O)OC[C@H](COP(=O)(O)OC[C@@H](O)COP(=O)(O)OC[C@@H](COC(=O)CCCCCCCCC(C)C)OC(=O)CCCCCCCCCCCC(C)C)OC(=O)CCCCCCCCCCCCCCCCCCCCCCC. The highest BCUT2D eigenvalue weighted by molar-refractivity contribution is 7.47. The highest BCUT2D eigenvalue weighted by atomic mass is 31.2. The molecule has 0 aliphatic heterocycles. The monoisotopic (exact) mass is 1510 g/mol. The lowest BCUT2D eigenvalue weighted by Gasteiger charge is -2.21. The van der Waals surface area contributed by atoms with Crippen molar-refractivity contribution in [1.29, 1.82) is 0 Å².